The van der Waals surface area contributed by atoms with Crippen LogP contribution in [-0.4, -0.2) is 30.0 Å². The van der Waals surface area contributed by atoms with E-state index in [1.165, 1.54) is 0 Å². The number of rotatable bonds is 2. The Kier molecular flexibility index (Phi) is 2.63. The van der Waals surface area contributed by atoms with Crippen molar-refractivity contribution < 1.29 is 23.9 Å². The summed E-state index contributed by atoms with van der Waals surface area (Å²) in [6.45, 7) is 1.79. The summed E-state index contributed by atoms with van der Waals surface area (Å²) in [7, 11) is 0. The Hall–Kier alpha value is -2.50. The summed E-state index contributed by atoms with van der Waals surface area (Å²) in [6.07, 6.45) is 0.151. The summed E-state index contributed by atoms with van der Waals surface area (Å²) in [4.78, 5) is 50.4. The number of anilines is 1. The van der Waals surface area contributed by atoms with E-state index in [0.717, 1.165) is 0 Å². The highest BCUT2D eigenvalue weighted by molar-refractivity contribution is 6.31. The monoisotopic (exact) mass is 313 g/mol. The van der Waals surface area contributed by atoms with E-state index in [4.69, 9.17) is 4.74 Å². The third-order valence-corrected chi connectivity index (χ3v) is 5.34. The van der Waals surface area contributed by atoms with E-state index in [1.54, 1.807) is 31.2 Å². The van der Waals surface area contributed by atoms with Crippen molar-refractivity contribution in [3.05, 3.63) is 29.8 Å². The van der Waals surface area contributed by atoms with Crippen molar-refractivity contribution in [1.82, 2.24) is 0 Å². The zero-order chi connectivity index (χ0) is 16.4. The van der Waals surface area contributed by atoms with Gasteiger partial charge in [0.1, 0.15) is 22.4 Å². The molecule has 6 nitrogen and oxygen atoms in total. The number of carbonyl (C=O) groups excluding carboxylic acids is 4. The lowest BCUT2D eigenvalue weighted by Crippen LogP contribution is -2.33. The zero-order valence-corrected chi connectivity index (χ0v) is 12.5. The van der Waals surface area contributed by atoms with Crippen LogP contribution in [0.2, 0.25) is 0 Å². The van der Waals surface area contributed by atoms with E-state index in [9.17, 15) is 19.2 Å². The third kappa shape index (κ3) is 1.31. The van der Waals surface area contributed by atoms with Gasteiger partial charge in [0.2, 0.25) is 5.91 Å². The Bertz CT molecular complexity index is 767. The predicted octanol–water partition coefficient (Wildman–Crippen LogP) is 0.988. The van der Waals surface area contributed by atoms with Gasteiger partial charge >= 0.3 is 5.97 Å². The second-order valence-electron chi connectivity index (χ2n) is 6.15. The molecule has 0 saturated heterocycles. The van der Waals surface area contributed by atoms with Crippen LogP contribution in [0.1, 0.15) is 25.3 Å². The zero-order valence-electron chi connectivity index (χ0n) is 12.5. The normalized spacial score (nSPS) is 29.8. The van der Waals surface area contributed by atoms with Crippen molar-refractivity contribution in [3.8, 4) is 0 Å². The number of ether oxygens (including phenoxy) is 1. The standard InChI is InChI=1S/C17H15NO5/c1-2-23-14(21)13-16(17(13)11(19)7-8-12(17)20)9-5-3-4-6-10(9)18-15(16)22/h3-6,13H,2,7-8H2,1H3,(H,18,22). The highest BCUT2D eigenvalue weighted by Crippen LogP contribution is 2.76. The molecule has 1 amide bonds. The average Bonchev–Trinajstić information content (AvgIpc) is 2.96. The van der Waals surface area contributed by atoms with Crippen LogP contribution in [0.25, 0.3) is 0 Å². The Morgan fingerprint density at radius 3 is 2.48 bits per heavy atom. The van der Waals surface area contributed by atoms with E-state index >= 15 is 0 Å². The number of Topliss-reactive ketones (excluding diaryl/α,β-unsaturated/α-hetero) is 2. The molecule has 4 rings (SSSR count). The minimum atomic E-state index is -1.57. The molecule has 0 bridgehead atoms. The van der Waals surface area contributed by atoms with E-state index in [0.29, 0.717) is 11.3 Å². The topological polar surface area (TPSA) is 89.5 Å². The largest absolute Gasteiger partial charge is 0.466 e. The summed E-state index contributed by atoms with van der Waals surface area (Å²) < 4.78 is 5.08. The highest BCUT2D eigenvalue weighted by atomic mass is 16.5. The molecule has 1 heterocycles. The number of nitrogens with one attached hydrogen (secondary N) is 1. The number of amides is 1. The molecule has 1 aliphatic heterocycles. The van der Waals surface area contributed by atoms with Gasteiger partial charge in [-0.1, -0.05) is 18.2 Å². The average molecular weight is 313 g/mol. The van der Waals surface area contributed by atoms with Crippen LogP contribution in [0.3, 0.4) is 0 Å². The van der Waals surface area contributed by atoms with Gasteiger partial charge in [-0.2, -0.15) is 0 Å². The lowest BCUT2D eigenvalue weighted by molar-refractivity contribution is -0.148. The number of carbonyl (C=O) groups is 4. The molecule has 1 N–H and O–H groups in total. The first kappa shape index (κ1) is 14.1. The maximum Gasteiger partial charge on any atom is 0.311 e. The van der Waals surface area contributed by atoms with Crippen molar-refractivity contribution in [1.29, 1.82) is 0 Å². The van der Waals surface area contributed by atoms with Crippen LogP contribution in [0.4, 0.5) is 5.69 Å². The SMILES string of the molecule is CCOC(=O)C1C2(C(=O)CCC2=O)C12C(=O)Nc1ccccc12. The molecule has 23 heavy (non-hydrogen) atoms. The fourth-order valence-corrected chi connectivity index (χ4v) is 4.55. The summed E-state index contributed by atoms with van der Waals surface area (Å²) in [5, 5.41) is 2.72. The fraction of sp³-hybridized carbons (Fsp3) is 0.412. The number of ketones is 2. The van der Waals surface area contributed by atoms with Crippen LogP contribution in [-0.2, 0) is 29.3 Å². The Balaban J connectivity index is 1.96. The van der Waals surface area contributed by atoms with E-state index in [1.807, 2.05) is 0 Å². The number of fused-ring (bicyclic) bond motifs is 3. The first-order chi connectivity index (χ1) is 11.0. The minimum absolute atomic E-state index is 0.0753. The molecule has 2 fully saturated rings. The van der Waals surface area contributed by atoms with Gasteiger partial charge in [-0.3, -0.25) is 19.2 Å². The molecule has 0 radical (unpaired) electrons. The van der Waals surface area contributed by atoms with Gasteiger partial charge in [-0.05, 0) is 18.6 Å². The first-order valence-electron chi connectivity index (χ1n) is 7.67. The smallest absolute Gasteiger partial charge is 0.311 e. The number of esters is 1. The Labute approximate surface area is 132 Å². The van der Waals surface area contributed by atoms with Crippen LogP contribution in [0, 0.1) is 11.3 Å². The molecule has 2 spiro atoms. The molecular weight excluding hydrogens is 298 g/mol. The van der Waals surface area contributed by atoms with Gasteiger partial charge in [0.05, 0.1) is 12.5 Å². The molecule has 2 aliphatic carbocycles. The quantitative estimate of drug-likeness (QED) is 0.649. The maximum atomic E-state index is 12.8. The van der Waals surface area contributed by atoms with Crippen molar-refractivity contribution >= 4 is 29.1 Å². The van der Waals surface area contributed by atoms with Gasteiger partial charge in [-0.25, -0.2) is 0 Å². The second-order valence-corrected chi connectivity index (χ2v) is 6.15. The molecule has 1 aromatic carbocycles. The highest BCUT2D eigenvalue weighted by Gasteiger charge is 2.92. The molecule has 0 aromatic heterocycles. The molecule has 118 valence electrons. The molecule has 2 unspecified atom stereocenters. The summed E-state index contributed by atoms with van der Waals surface area (Å²) in [5.41, 5.74) is -1.90. The number of benzene rings is 1. The van der Waals surface area contributed by atoms with Crippen molar-refractivity contribution in [2.24, 2.45) is 11.3 Å². The van der Waals surface area contributed by atoms with Gasteiger partial charge in [0.25, 0.3) is 0 Å². The number of para-hydroxylation sites is 1. The third-order valence-electron chi connectivity index (χ3n) is 5.34. The predicted molar refractivity (Wildman–Crippen MR) is 78.6 cm³/mol. The minimum Gasteiger partial charge on any atom is -0.466 e. The van der Waals surface area contributed by atoms with E-state index < -0.39 is 28.6 Å². The second kappa shape index (κ2) is 4.28. The Morgan fingerprint density at radius 1 is 1.17 bits per heavy atom. The van der Waals surface area contributed by atoms with Crippen molar-refractivity contribution in [2.75, 3.05) is 11.9 Å². The summed E-state index contributed by atoms with van der Waals surface area (Å²) in [5.74, 6) is -2.82. The summed E-state index contributed by atoms with van der Waals surface area (Å²) >= 11 is 0. The summed E-state index contributed by atoms with van der Waals surface area (Å²) in [6, 6.07) is 6.90. The number of hydrogen-bond acceptors (Lipinski definition) is 5. The maximum absolute atomic E-state index is 12.8. The van der Waals surface area contributed by atoms with Crippen LogP contribution in [0.5, 0.6) is 0 Å². The van der Waals surface area contributed by atoms with Crippen molar-refractivity contribution in [3.63, 3.8) is 0 Å². The molecule has 1 aromatic rings. The number of hydrogen-bond donors (Lipinski definition) is 1. The van der Waals surface area contributed by atoms with E-state index in [-0.39, 0.29) is 31.0 Å². The lowest BCUT2D eigenvalue weighted by Gasteiger charge is -2.12. The van der Waals surface area contributed by atoms with Crippen LogP contribution >= 0.6 is 0 Å². The van der Waals surface area contributed by atoms with E-state index in [2.05, 4.69) is 5.32 Å². The molecular formula is C17H15NO5. The van der Waals surface area contributed by atoms with Crippen molar-refractivity contribution in [2.45, 2.75) is 25.2 Å². The molecule has 2 atom stereocenters. The van der Waals surface area contributed by atoms with Gasteiger partial charge < -0.3 is 10.1 Å². The Morgan fingerprint density at radius 2 is 1.83 bits per heavy atom. The fourth-order valence-electron chi connectivity index (χ4n) is 4.55. The van der Waals surface area contributed by atoms with Crippen LogP contribution in [0.15, 0.2) is 24.3 Å². The molecule has 3 aliphatic rings. The molecule has 6 heteroatoms. The van der Waals surface area contributed by atoms with Gasteiger partial charge in [0.15, 0.2) is 0 Å². The van der Waals surface area contributed by atoms with Crippen LogP contribution < -0.4 is 5.32 Å². The lowest BCUT2D eigenvalue weighted by atomic mass is 9.85. The molecule has 2 saturated carbocycles. The first-order valence-corrected chi connectivity index (χ1v) is 7.67. The van der Waals surface area contributed by atoms with Gasteiger partial charge in [-0.15, -0.1) is 0 Å². The van der Waals surface area contributed by atoms with Gasteiger partial charge in [0, 0.05) is 18.5 Å².